The van der Waals surface area contributed by atoms with Gasteiger partial charge in [-0.3, -0.25) is 5.10 Å². The Bertz CT molecular complexity index is 160. The molecule has 0 aromatic carbocycles. The summed E-state index contributed by atoms with van der Waals surface area (Å²) in [6, 6.07) is 0. The second-order valence-electron chi connectivity index (χ2n) is 2.08. The molecule has 0 fully saturated rings. The first-order valence-electron chi connectivity index (χ1n) is 3.39. The van der Waals surface area contributed by atoms with Crippen molar-refractivity contribution < 1.29 is 0 Å². The molecule has 0 aliphatic rings. The second-order valence-corrected chi connectivity index (χ2v) is 2.08. The lowest BCUT2D eigenvalue weighted by Crippen LogP contribution is -1.85. The molecule has 0 bridgehead atoms. The Balaban J connectivity index is 2.85. The number of hydrogen-bond acceptors (Lipinski definition) is 1. The summed E-state index contributed by atoms with van der Waals surface area (Å²) in [6.07, 6.45) is 4.04. The van der Waals surface area contributed by atoms with E-state index >= 15 is 0 Å². The maximum absolute atomic E-state index is 3.94. The molecule has 0 aliphatic heterocycles. The van der Waals surface area contributed by atoms with Crippen LogP contribution in [-0.2, 0) is 12.8 Å². The molecule has 1 heterocycles. The molecule has 9 heavy (non-hydrogen) atoms. The molecule has 0 amide bonds. The van der Waals surface area contributed by atoms with Crippen molar-refractivity contribution in [3.63, 3.8) is 0 Å². The Kier molecular flexibility index (Phi) is 1.88. The molecule has 2 nitrogen and oxygen atoms in total. The van der Waals surface area contributed by atoms with Crippen LogP contribution in [0.5, 0.6) is 0 Å². The molecule has 0 saturated heterocycles. The van der Waals surface area contributed by atoms with E-state index < -0.39 is 0 Å². The van der Waals surface area contributed by atoms with Gasteiger partial charge in [-0.2, -0.15) is 5.10 Å². The van der Waals surface area contributed by atoms with Crippen LogP contribution in [-0.4, -0.2) is 10.2 Å². The van der Waals surface area contributed by atoms with E-state index in [9.17, 15) is 0 Å². The first kappa shape index (κ1) is 6.33. The minimum Gasteiger partial charge on any atom is -0.282 e. The molecule has 0 unspecified atom stereocenters. The first-order valence-corrected chi connectivity index (χ1v) is 3.39. The molecule has 1 aromatic heterocycles. The molecule has 1 rings (SSSR count). The van der Waals surface area contributed by atoms with E-state index in [4.69, 9.17) is 0 Å². The predicted octanol–water partition coefficient (Wildman–Crippen LogP) is 1.53. The van der Waals surface area contributed by atoms with Gasteiger partial charge in [-0.1, -0.05) is 13.8 Å². The highest BCUT2D eigenvalue weighted by atomic mass is 15.1. The lowest BCUT2D eigenvalue weighted by atomic mass is 10.2. The minimum absolute atomic E-state index is 1.06. The van der Waals surface area contributed by atoms with Crippen LogP contribution in [0.4, 0.5) is 0 Å². The molecule has 1 aromatic rings. The normalized spacial score (nSPS) is 10.0. The number of nitrogens with one attached hydrogen (secondary N) is 1. The van der Waals surface area contributed by atoms with Crippen LogP contribution in [0, 0.1) is 0 Å². The Morgan fingerprint density at radius 2 is 2.22 bits per heavy atom. The predicted molar refractivity (Wildman–Crippen MR) is 37.3 cm³/mol. The van der Waals surface area contributed by atoms with E-state index in [1.807, 2.05) is 6.20 Å². The number of aryl methyl sites for hydroxylation is 2. The summed E-state index contributed by atoms with van der Waals surface area (Å²) in [5.41, 5.74) is 2.62. The maximum Gasteiger partial charge on any atom is 0.0522 e. The van der Waals surface area contributed by atoms with E-state index in [1.54, 1.807) is 0 Å². The molecule has 1 N–H and O–H groups in total. The summed E-state index contributed by atoms with van der Waals surface area (Å²) in [5, 5.41) is 6.90. The third-order valence-electron chi connectivity index (χ3n) is 1.54. The standard InChI is InChI=1S/C7H12N2/c1-3-6-5-8-9-7(6)4-2/h5H,3-4H2,1-2H3,(H,8,9). The van der Waals surface area contributed by atoms with E-state index in [2.05, 4.69) is 24.0 Å². The van der Waals surface area contributed by atoms with E-state index in [0.29, 0.717) is 0 Å². The summed E-state index contributed by atoms with van der Waals surface area (Å²) in [6.45, 7) is 4.27. The van der Waals surface area contributed by atoms with Crippen molar-refractivity contribution in [3.8, 4) is 0 Å². The van der Waals surface area contributed by atoms with Crippen molar-refractivity contribution in [2.24, 2.45) is 0 Å². The van der Waals surface area contributed by atoms with Crippen molar-refractivity contribution in [1.82, 2.24) is 10.2 Å². The summed E-state index contributed by atoms with van der Waals surface area (Å²) in [5.74, 6) is 0. The average Bonchev–Trinajstić information content (AvgIpc) is 2.33. The SMILES string of the molecule is CCc1cn[nH]c1CC. The lowest BCUT2D eigenvalue weighted by Gasteiger charge is -1.91. The quantitative estimate of drug-likeness (QED) is 0.636. The summed E-state index contributed by atoms with van der Waals surface area (Å²) >= 11 is 0. The number of rotatable bonds is 2. The minimum atomic E-state index is 1.06. The number of aromatic amines is 1. The zero-order chi connectivity index (χ0) is 6.69. The molecule has 50 valence electrons. The Hall–Kier alpha value is -0.790. The number of H-pyrrole nitrogens is 1. The van der Waals surface area contributed by atoms with E-state index in [-0.39, 0.29) is 0 Å². The highest BCUT2D eigenvalue weighted by Crippen LogP contribution is 2.04. The monoisotopic (exact) mass is 124 g/mol. The average molecular weight is 124 g/mol. The second kappa shape index (κ2) is 2.67. The summed E-state index contributed by atoms with van der Waals surface area (Å²) in [4.78, 5) is 0. The van der Waals surface area contributed by atoms with Crippen LogP contribution >= 0.6 is 0 Å². The fourth-order valence-electron chi connectivity index (χ4n) is 0.949. The van der Waals surface area contributed by atoms with Gasteiger partial charge in [0.15, 0.2) is 0 Å². The van der Waals surface area contributed by atoms with Crippen molar-refractivity contribution >= 4 is 0 Å². The van der Waals surface area contributed by atoms with Gasteiger partial charge < -0.3 is 0 Å². The van der Waals surface area contributed by atoms with Gasteiger partial charge in [0.1, 0.15) is 0 Å². The van der Waals surface area contributed by atoms with Gasteiger partial charge in [-0.15, -0.1) is 0 Å². The van der Waals surface area contributed by atoms with Gasteiger partial charge in [-0.05, 0) is 18.4 Å². The van der Waals surface area contributed by atoms with Crippen LogP contribution in [0.2, 0.25) is 0 Å². The molecular formula is C7H12N2. The number of nitrogens with zero attached hydrogens (tertiary/aromatic N) is 1. The fourth-order valence-corrected chi connectivity index (χ4v) is 0.949. The van der Waals surface area contributed by atoms with Crippen molar-refractivity contribution in [1.29, 1.82) is 0 Å². The van der Waals surface area contributed by atoms with Crippen molar-refractivity contribution in [3.05, 3.63) is 17.5 Å². The van der Waals surface area contributed by atoms with Crippen LogP contribution < -0.4 is 0 Å². The molecule has 0 radical (unpaired) electrons. The maximum atomic E-state index is 3.94. The van der Waals surface area contributed by atoms with Gasteiger partial charge >= 0.3 is 0 Å². The zero-order valence-corrected chi connectivity index (χ0v) is 5.94. The van der Waals surface area contributed by atoms with Gasteiger partial charge in [0.25, 0.3) is 0 Å². The Morgan fingerprint density at radius 3 is 2.67 bits per heavy atom. The Morgan fingerprint density at radius 1 is 1.44 bits per heavy atom. The third kappa shape index (κ3) is 1.12. The van der Waals surface area contributed by atoms with Crippen molar-refractivity contribution in [2.75, 3.05) is 0 Å². The molecule has 2 heteroatoms. The summed E-state index contributed by atoms with van der Waals surface area (Å²) < 4.78 is 0. The lowest BCUT2D eigenvalue weighted by molar-refractivity contribution is 0.956. The molecule has 0 saturated carbocycles. The van der Waals surface area contributed by atoms with Crippen molar-refractivity contribution in [2.45, 2.75) is 26.7 Å². The number of aromatic nitrogens is 2. The molecule has 0 spiro atoms. The van der Waals surface area contributed by atoms with Crippen LogP contribution in [0.25, 0.3) is 0 Å². The van der Waals surface area contributed by atoms with Gasteiger partial charge in [0, 0.05) is 5.69 Å². The highest BCUT2D eigenvalue weighted by Gasteiger charge is 1.97. The van der Waals surface area contributed by atoms with E-state index in [1.165, 1.54) is 11.3 Å². The third-order valence-corrected chi connectivity index (χ3v) is 1.54. The van der Waals surface area contributed by atoms with Crippen LogP contribution in [0.15, 0.2) is 6.20 Å². The number of hydrogen-bond donors (Lipinski definition) is 1. The fraction of sp³-hybridized carbons (Fsp3) is 0.571. The van der Waals surface area contributed by atoms with Crippen LogP contribution in [0.3, 0.4) is 0 Å². The van der Waals surface area contributed by atoms with E-state index in [0.717, 1.165) is 12.8 Å². The molecule has 0 aliphatic carbocycles. The van der Waals surface area contributed by atoms with Gasteiger partial charge in [0.2, 0.25) is 0 Å². The smallest absolute Gasteiger partial charge is 0.0522 e. The summed E-state index contributed by atoms with van der Waals surface area (Å²) in [7, 11) is 0. The van der Waals surface area contributed by atoms with Crippen LogP contribution in [0.1, 0.15) is 25.1 Å². The zero-order valence-electron chi connectivity index (χ0n) is 5.94. The first-order chi connectivity index (χ1) is 4.38. The van der Waals surface area contributed by atoms with Gasteiger partial charge in [0.05, 0.1) is 6.20 Å². The molecular weight excluding hydrogens is 112 g/mol. The Labute approximate surface area is 55.3 Å². The topological polar surface area (TPSA) is 28.7 Å². The largest absolute Gasteiger partial charge is 0.282 e. The van der Waals surface area contributed by atoms with Gasteiger partial charge in [-0.25, -0.2) is 0 Å². The highest BCUT2D eigenvalue weighted by molar-refractivity contribution is 5.15. The molecule has 0 atom stereocenters.